The number of nitrogens with zero attached hydrogens (tertiary/aromatic N) is 1. The van der Waals surface area contributed by atoms with Gasteiger partial charge in [0.1, 0.15) is 11.6 Å². The number of anilines is 1. The highest BCUT2D eigenvalue weighted by atomic mass is 19.1. The lowest BCUT2D eigenvalue weighted by Gasteiger charge is -2.32. The molecule has 6 nitrogen and oxygen atoms in total. The first-order valence-corrected chi connectivity index (χ1v) is 9.86. The Hall–Kier alpha value is -3.13. The molecule has 0 bridgehead atoms. The standard InChI is InChI=1S/C22H23F2N3O3/c23-17-6-4-16(5-7-17)20(28)8-9-22(30)27-12-10-26(11-13-27)15-21(29)25-19-3-1-2-18(24)14-19/h1-7,14H,8-13,15H2,(H,25,29)/p+1. The van der Waals surface area contributed by atoms with E-state index in [2.05, 4.69) is 5.32 Å². The maximum absolute atomic E-state index is 13.2. The van der Waals surface area contributed by atoms with Gasteiger partial charge < -0.3 is 15.1 Å². The van der Waals surface area contributed by atoms with E-state index in [0.29, 0.717) is 37.4 Å². The molecule has 1 aliphatic rings. The molecule has 0 spiro atoms. The van der Waals surface area contributed by atoms with Crippen molar-refractivity contribution in [1.29, 1.82) is 0 Å². The largest absolute Gasteiger partial charge is 0.331 e. The minimum atomic E-state index is -0.412. The zero-order chi connectivity index (χ0) is 21.5. The highest BCUT2D eigenvalue weighted by molar-refractivity contribution is 5.97. The molecule has 0 aromatic heterocycles. The van der Waals surface area contributed by atoms with Gasteiger partial charge in [-0.3, -0.25) is 14.4 Å². The molecular formula is C22H24F2N3O3+. The highest BCUT2D eigenvalue weighted by Gasteiger charge is 2.25. The molecule has 0 radical (unpaired) electrons. The summed E-state index contributed by atoms with van der Waals surface area (Å²) < 4.78 is 26.1. The van der Waals surface area contributed by atoms with Crippen LogP contribution < -0.4 is 10.2 Å². The molecule has 2 N–H and O–H groups in total. The second-order valence-electron chi connectivity index (χ2n) is 7.30. The lowest BCUT2D eigenvalue weighted by Crippen LogP contribution is -3.15. The maximum Gasteiger partial charge on any atom is 0.279 e. The first kappa shape index (κ1) is 21.6. The minimum Gasteiger partial charge on any atom is -0.331 e. The van der Waals surface area contributed by atoms with Gasteiger partial charge in [-0.25, -0.2) is 8.78 Å². The van der Waals surface area contributed by atoms with E-state index >= 15 is 0 Å². The summed E-state index contributed by atoms with van der Waals surface area (Å²) in [5, 5.41) is 2.67. The second kappa shape index (κ2) is 10.1. The summed E-state index contributed by atoms with van der Waals surface area (Å²) in [6.45, 7) is 2.49. The Morgan fingerprint density at radius 1 is 0.933 bits per heavy atom. The molecule has 0 saturated carbocycles. The predicted octanol–water partition coefficient (Wildman–Crippen LogP) is 1.29. The Labute approximate surface area is 173 Å². The molecule has 0 aliphatic carbocycles. The van der Waals surface area contributed by atoms with Gasteiger partial charge >= 0.3 is 0 Å². The first-order valence-electron chi connectivity index (χ1n) is 9.86. The summed E-state index contributed by atoms with van der Waals surface area (Å²) in [4.78, 5) is 39.4. The molecule has 158 valence electrons. The number of hydrogen-bond donors (Lipinski definition) is 2. The van der Waals surface area contributed by atoms with E-state index in [1.54, 1.807) is 11.0 Å². The molecule has 2 amide bonds. The predicted molar refractivity (Wildman–Crippen MR) is 107 cm³/mol. The molecule has 30 heavy (non-hydrogen) atoms. The minimum absolute atomic E-state index is 0.0770. The number of nitrogens with one attached hydrogen (secondary N) is 2. The summed E-state index contributed by atoms with van der Waals surface area (Å²) >= 11 is 0. The van der Waals surface area contributed by atoms with Crippen LogP contribution in [0.2, 0.25) is 0 Å². The van der Waals surface area contributed by atoms with Crippen molar-refractivity contribution in [2.24, 2.45) is 0 Å². The summed E-state index contributed by atoms with van der Waals surface area (Å²) in [5.41, 5.74) is 0.807. The number of halogens is 2. The van der Waals surface area contributed by atoms with Gasteiger partial charge in [0.25, 0.3) is 5.91 Å². The lowest BCUT2D eigenvalue weighted by atomic mass is 10.1. The molecule has 0 atom stereocenters. The number of carbonyl (C=O) groups is 3. The van der Waals surface area contributed by atoms with E-state index in [1.165, 1.54) is 42.5 Å². The topological polar surface area (TPSA) is 70.9 Å². The van der Waals surface area contributed by atoms with Gasteiger partial charge in [-0.2, -0.15) is 0 Å². The van der Waals surface area contributed by atoms with Gasteiger partial charge in [0, 0.05) is 24.1 Å². The fourth-order valence-electron chi connectivity index (χ4n) is 3.41. The smallest absolute Gasteiger partial charge is 0.279 e. The molecule has 2 aromatic rings. The average Bonchev–Trinajstić information content (AvgIpc) is 2.72. The Kier molecular flexibility index (Phi) is 7.24. The number of amides is 2. The van der Waals surface area contributed by atoms with Crippen LogP contribution in [0.1, 0.15) is 23.2 Å². The highest BCUT2D eigenvalue weighted by Crippen LogP contribution is 2.10. The summed E-state index contributed by atoms with van der Waals surface area (Å²) in [6, 6.07) is 11.0. The van der Waals surface area contributed by atoms with Crippen molar-refractivity contribution < 1.29 is 28.1 Å². The van der Waals surface area contributed by atoms with Crippen LogP contribution >= 0.6 is 0 Å². The van der Waals surface area contributed by atoms with Crippen molar-refractivity contribution in [3.8, 4) is 0 Å². The van der Waals surface area contributed by atoms with Crippen LogP contribution in [0.3, 0.4) is 0 Å². The van der Waals surface area contributed by atoms with Crippen molar-refractivity contribution in [3.63, 3.8) is 0 Å². The van der Waals surface area contributed by atoms with Crippen molar-refractivity contribution in [2.45, 2.75) is 12.8 Å². The van der Waals surface area contributed by atoms with Gasteiger partial charge in [-0.15, -0.1) is 0 Å². The van der Waals surface area contributed by atoms with Crippen molar-refractivity contribution in [1.82, 2.24) is 4.90 Å². The average molecular weight is 416 g/mol. The van der Waals surface area contributed by atoms with Crippen LogP contribution in [-0.4, -0.2) is 55.2 Å². The zero-order valence-electron chi connectivity index (χ0n) is 16.5. The molecule has 3 rings (SSSR count). The number of hydrogen-bond acceptors (Lipinski definition) is 3. The second-order valence-corrected chi connectivity index (χ2v) is 7.30. The molecule has 2 aromatic carbocycles. The number of carbonyl (C=O) groups excluding carboxylic acids is 3. The Morgan fingerprint density at radius 3 is 2.30 bits per heavy atom. The van der Waals surface area contributed by atoms with Crippen LogP contribution in [0.5, 0.6) is 0 Å². The van der Waals surface area contributed by atoms with Crippen molar-refractivity contribution in [3.05, 3.63) is 65.7 Å². The molecule has 1 aliphatic heterocycles. The number of quaternary nitrogens is 1. The Balaban J connectivity index is 1.39. The van der Waals surface area contributed by atoms with E-state index < -0.39 is 11.6 Å². The van der Waals surface area contributed by atoms with Crippen molar-refractivity contribution >= 4 is 23.3 Å². The van der Waals surface area contributed by atoms with Crippen LogP contribution in [0.15, 0.2) is 48.5 Å². The number of Topliss-reactive ketones (excluding diaryl/α,β-unsaturated/α-hetero) is 1. The fraction of sp³-hybridized carbons (Fsp3) is 0.318. The van der Waals surface area contributed by atoms with E-state index in [4.69, 9.17) is 0 Å². The quantitative estimate of drug-likeness (QED) is 0.669. The summed E-state index contributed by atoms with van der Waals surface area (Å²) in [7, 11) is 0. The molecule has 1 heterocycles. The number of benzene rings is 2. The third-order valence-corrected chi connectivity index (χ3v) is 5.07. The monoisotopic (exact) mass is 416 g/mol. The first-order chi connectivity index (χ1) is 14.4. The van der Waals surface area contributed by atoms with E-state index in [0.717, 1.165) is 4.90 Å². The normalized spacial score (nSPS) is 14.4. The number of piperazine rings is 1. The van der Waals surface area contributed by atoms with Gasteiger partial charge in [-0.1, -0.05) is 6.07 Å². The van der Waals surface area contributed by atoms with Crippen LogP contribution in [-0.2, 0) is 9.59 Å². The Bertz CT molecular complexity index is 910. The van der Waals surface area contributed by atoms with Gasteiger partial charge in [0.05, 0.1) is 26.2 Å². The van der Waals surface area contributed by atoms with E-state index in [1.807, 2.05) is 0 Å². The van der Waals surface area contributed by atoms with Crippen LogP contribution in [0, 0.1) is 11.6 Å². The third-order valence-electron chi connectivity index (χ3n) is 5.07. The van der Waals surface area contributed by atoms with Gasteiger partial charge in [-0.05, 0) is 42.5 Å². The Morgan fingerprint density at radius 2 is 1.63 bits per heavy atom. The molecule has 0 unspecified atom stereocenters. The van der Waals surface area contributed by atoms with Crippen molar-refractivity contribution in [2.75, 3.05) is 38.0 Å². The summed E-state index contributed by atoms with van der Waals surface area (Å²) in [6.07, 6.45) is 0.180. The molecule has 8 heteroatoms. The van der Waals surface area contributed by atoms with Crippen LogP contribution in [0.25, 0.3) is 0 Å². The molecule has 1 fully saturated rings. The zero-order valence-corrected chi connectivity index (χ0v) is 16.5. The van der Waals surface area contributed by atoms with E-state index in [9.17, 15) is 23.2 Å². The van der Waals surface area contributed by atoms with Gasteiger partial charge in [0.2, 0.25) is 5.91 Å². The fourth-order valence-corrected chi connectivity index (χ4v) is 3.41. The number of rotatable bonds is 7. The van der Waals surface area contributed by atoms with Gasteiger partial charge in [0.15, 0.2) is 12.3 Å². The maximum atomic E-state index is 13.2. The number of ketones is 1. The summed E-state index contributed by atoms with van der Waals surface area (Å²) in [5.74, 6) is -1.33. The lowest BCUT2D eigenvalue weighted by molar-refractivity contribution is -0.895. The molecule has 1 saturated heterocycles. The third kappa shape index (κ3) is 6.18. The van der Waals surface area contributed by atoms with E-state index in [-0.39, 0.29) is 37.0 Å². The SMILES string of the molecule is O=C(C[NH+]1CCN(C(=O)CCC(=O)c2ccc(F)cc2)CC1)Nc1cccc(F)c1. The molecular weight excluding hydrogens is 392 g/mol. The van der Waals surface area contributed by atoms with Crippen LogP contribution in [0.4, 0.5) is 14.5 Å².